The molecule has 1 aromatic rings. The molecule has 1 rings (SSSR count). The van der Waals surface area contributed by atoms with Crippen molar-refractivity contribution in [2.24, 2.45) is 5.92 Å². The third-order valence-electron chi connectivity index (χ3n) is 2.64. The Balaban J connectivity index is 2.72. The lowest BCUT2D eigenvalue weighted by Gasteiger charge is -2.13. The van der Waals surface area contributed by atoms with Crippen molar-refractivity contribution < 1.29 is 13.9 Å². The lowest BCUT2D eigenvalue weighted by molar-refractivity contribution is 0.0940. The molecule has 0 heterocycles. The fourth-order valence-corrected chi connectivity index (χ4v) is 2.32. The molecule has 0 saturated heterocycles. The molecule has 0 saturated carbocycles. The van der Waals surface area contributed by atoms with Gasteiger partial charge in [-0.25, -0.2) is 4.39 Å². The maximum absolute atomic E-state index is 13.6. The first-order valence-corrected chi connectivity index (χ1v) is 6.89. The Kier molecular flexibility index (Phi) is 6.12. The fraction of sp³-hybridized carbons (Fsp3) is 0.462. The van der Waals surface area contributed by atoms with Gasteiger partial charge in [-0.15, -0.1) is 0 Å². The summed E-state index contributed by atoms with van der Waals surface area (Å²) >= 11 is 3.34. The average molecular weight is 318 g/mol. The van der Waals surface area contributed by atoms with Crippen LogP contribution in [0.25, 0.3) is 0 Å². The molecule has 0 aromatic heterocycles. The van der Waals surface area contributed by atoms with Crippen LogP contribution >= 0.6 is 15.9 Å². The molecule has 0 aliphatic carbocycles. The summed E-state index contributed by atoms with van der Waals surface area (Å²) in [6.07, 6.45) is 0.953. The van der Waals surface area contributed by atoms with Gasteiger partial charge in [-0.2, -0.15) is 0 Å². The molecule has 100 valence electrons. The van der Waals surface area contributed by atoms with Gasteiger partial charge in [0.1, 0.15) is 17.1 Å². The Hall–Kier alpha value is -1.10. The van der Waals surface area contributed by atoms with Crippen LogP contribution in [0.5, 0.6) is 5.75 Å². The largest absolute Gasteiger partial charge is 0.496 e. The number of nitrogens with one attached hydrogen (secondary N) is 1. The number of alkyl halides is 1. The van der Waals surface area contributed by atoms with Gasteiger partial charge < -0.3 is 10.1 Å². The molecule has 5 heteroatoms. The number of halogens is 2. The normalized spacial score (nSPS) is 12.0. The molecule has 18 heavy (non-hydrogen) atoms. The molecular formula is C13H17BrFNO2. The van der Waals surface area contributed by atoms with Gasteiger partial charge in [0.05, 0.1) is 7.11 Å². The van der Waals surface area contributed by atoms with E-state index in [4.69, 9.17) is 4.74 Å². The van der Waals surface area contributed by atoms with Gasteiger partial charge in [0.25, 0.3) is 5.91 Å². The van der Waals surface area contributed by atoms with Gasteiger partial charge in [-0.3, -0.25) is 4.79 Å². The quantitative estimate of drug-likeness (QED) is 0.819. The molecule has 0 aliphatic rings. The van der Waals surface area contributed by atoms with Gasteiger partial charge >= 0.3 is 0 Å². The first-order valence-electron chi connectivity index (χ1n) is 5.76. The Labute approximate surface area is 115 Å². The van der Waals surface area contributed by atoms with Gasteiger partial charge in [0, 0.05) is 11.9 Å². The van der Waals surface area contributed by atoms with E-state index in [9.17, 15) is 9.18 Å². The Morgan fingerprint density at radius 1 is 1.56 bits per heavy atom. The second kappa shape index (κ2) is 7.36. The van der Waals surface area contributed by atoms with Gasteiger partial charge in [0.2, 0.25) is 0 Å². The van der Waals surface area contributed by atoms with E-state index >= 15 is 0 Å². The summed E-state index contributed by atoms with van der Waals surface area (Å²) in [4.78, 5) is 11.9. The topological polar surface area (TPSA) is 38.3 Å². The minimum atomic E-state index is -0.569. The third kappa shape index (κ3) is 3.98. The van der Waals surface area contributed by atoms with E-state index in [-0.39, 0.29) is 11.3 Å². The molecule has 1 N–H and O–H groups in total. The zero-order chi connectivity index (χ0) is 13.5. The maximum Gasteiger partial charge on any atom is 0.258 e. The zero-order valence-electron chi connectivity index (χ0n) is 10.5. The molecule has 1 atom stereocenters. The number of methoxy groups -OCH3 is 1. The number of rotatable bonds is 6. The smallest absolute Gasteiger partial charge is 0.258 e. The minimum Gasteiger partial charge on any atom is -0.496 e. The van der Waals surface area contributed by atoms with Crippen molar-refractivity contribution in [2.75, 3.05) is 19.0 Å². The van der Waals surface area contributed by atoms with Crippen LogP contribution in [0.1, 0.15) is 23.7 Å². The zero-order valence-corrected chi connectivity index (χ0v) is 12.1. The molecule has 0 fully saturated rings. The predicted octanol–water partition coefficient (Wildman–Crippen LogP) is 2.99. The van der Waals surface area contributed by atoms with Crippen LogP contribution < -0.4 is 10.1 Å². The Bertz CT molecular complexity index is 412. The molecule has 0 spiro atoms. The first-order chi connectivity index (χ1) is 8.60. The minimum absolute atomic E-state index is 0.0361. The Morgan fingerprint density at radius 3 is 2.89 bits per heavy atom. The van der Waals surface area contributed by atoms with Crippen LogP contribution in [0, 0.1) is 11.7 Å². The van der Waals surface area contributed by atoms with E-state index in [1.165, 1.54) is 19.2 Å². The lowest BCUT2D eigenvalue weighted by Crippen LogP contribution is -2.29. The highest BCUT2D eigenvalue weighted by Crippen LogP contribution is 2.20. The lowest BCUT2D eigenvalue weighted by atomic mass is 10.1. The van der Waals surface area contributed by atoms with Crippen LogP contribution in [-0.2, 0) is 0 Å². The summed E-state index contributed by atoms with van der Waals surface area (Å²) in [5, 5.41) is 3.60. The second-order valence-electron chi connectivity index (χ2n) is 4.11. The summed E-state index contributed by atoms with van der Waals surface area (Å²) in [5.41, 5.74) is -0.0361. The predicted molar refractivity (Wildman–Crippen MR) is 72.9 cm³/mol. The highest BCUT2D eigenvalue weighted by atomic mass is 79.9. The number of amides is 1. The first kappa shape index (κ1) is 15.0. The van der Waals surface area contributed by atoms with Crippen molar-refractivity contribution in [1.82, 2.24) is 5.32 Å². The fourth-order valence-electron chi connectivity index (χ4n) is 1.54. The highest BCUT2D eigenvalue weighted by molar-refractivity contribution is 9.09. The summed E-state index contributed by atoms with van der Waals surface area (Å²) < 4.78 is 18.6. The third-order valence-corrected chi connectivity index (χ3v) is 3.09. The van der Waals surface area contributed by atoms with Crippen LogP contribution in [0.4, 0.5) is 4.39 Å². The van der Waals surface area contributed by atoms with Crippen molar-refractivity contribution in [2.45, 2.75) is 13.3 Å². The molecule has 3 nitrogen and oxygen atoms in total. The van der Waals surface area contributed by atoms with Crippen molar-refractivity contribution in [3.8, 4) is 5.75 Å². The molecule has 1 unspecified atom stereocenters. The number of hydrogen-bond donors (Lipinski definition) is 1. The SMILES string of the molecule is COc1cccc(F)c1C(=O)NCC(C)CCBr. The number of carbonyl (C=O) groups is 1. The van der Waals surface area contributed by atoms with Crippen LogP contribution in [0.15, 0.2) is 18.2 Å². The molecular weight excluding hydrogens is 301 g/mol. The van der Waals surface area contributed by atoms with Crippen molar-refractivity contribution in [3.05, 3.63) is 29.6 Å². The summed E-state index contributed by atoms with van der Waals surface area (Å²) in [7, 11) is 1.42. The summed E-state index contributed by atoms with van der Waals surface area (Å²) in [5.74, 6) is -0.418. The van der Waals surface area contributed by atoms with Crippen LogP contribution in [0.3, 0.4) is 0 Å². The number of ether oxygens (including phenoxy) is 1. The highest BCUT2D eigenvalue weighted by Gasteiger charge is 2.17. The number of carbonyl (C=O) groups excluding carboxylic acids is 1. The van der Waals surface area contributed by atoms with Crippen LogP contribution in [-0.4, -0.2) is 24.9 Å². The molecule has 1 aromatic carbocycles. The van der Waals surface area contributed by atoms with E-state index in [2.05, 4.69) is 21.2 Å². The van der Waals surface area contributed by atoms with Gasteiger partial charge in [-0.1, -0.05) is 28.9 Å². The number of hydrogen-bond acceptors (Lipinski definition) is 2. The van der Waals surface area contributed by atoms with Gasteiger partial charge in [0.15, 0.2) is 0 Å². The number of benzene rings is 1. The van der Waals surface area contributed by atoms with E-state index in [1.54, 1.807) is 6.07 Å². The summed E-state index contributed by atoms with van der Waals surface area (Å²) in [6.45, 7) is 2.54. The van der Waals surface area contributed by atoms with E-state index in [0.717, 1.165) is 11.8 Å². The molecule has 0 bridgehead atoms. The van der Waals surface area contributed by atoms with E-state index in [1.807, 2.05) is 6.92 Å². The summed E-state index contributed by atoms with van der Waals surface area (Å²) in [6, 6.07) is 4.33. The molecule has 0 aliphatic heterocycles. The average Bonchev–Trinajstić information content (AvgIpc) is 2.36. The second-order valence-corrected chi connectivity index (χ2v) is 4.90. The monoisotopic (exact) mass is 317 g/mol. The molecule has 1 amide bonds. The Morgan fingerprint density at radius 2 is 2.28 bits per heavy atom. The van der Waals surface area contributed by atoms with Crippen molar-refractivity contribution in [1.29, 1.82) is 0 Å². The van der Waals surface area contributed by atoms with Gasteiger partial charge in [-0.05, 0) is 24.5 Å². The molecule has 0 radical (unpaired) electrons. The van der Waals surface area contributed by atoms with E-state index < -0.39 is 11.7 Å². The standard InChI is InChI=1S/C13H17BrFNO2/c1-9(6-7-14)8-16-13(17)12-10(15)4-3-5-11(12)18-2/h3-5,9H,6-8H2,1-2H3,(H,16,17). The van der Waals surface area contributed by atoms with Crippen LogP contribution in [0.2, 0.25) is 0 Å². The van der Waals surface area contributed by atoms with Crippen molar-refractivity contribution >= 4 is 21.8 Å². The van der Waals surface area contributed by atoms with Crippen molar-refractivity contribution in [3.63, 3.8) is 0 Å². The maximum atomic E-state index is 13.6. The van der Waals surface area contributed by atoms with E-state index in [0.29, 0.717) is 12.5 Å².